The van der Waals surface area contributed by atoms with Gasteiger partial charge in [-0.1, -0.05) is 17.6 Å². The van der Waals surface area contributed by atoms with Crippen LogP contribution in [0.3, 0.4) is 0 Å². The molecule has 22 heavy (non-hydrogen) atoms. The molecule has 0 bridgehead atoms. The highest BCUT2D eigenvalue weighted by molar-refractivity contribution is 6.32. The maximum atomic E-state index is 9.78. The molecular weight excluding hydrogens is 281 g/mol. The van der Waals surface area contributed by atoms with Crippen LogP contribution in [0.4, 0.5) is 5.69 Å². The van der Waals surface area contributed by atoms with Gasteiger partial charge >= 0.3 is 0 Å². The molecule has 0 aliphatic rings. The molecule has 0 fully saturated rings. The van der Waals surface area contributed by atoms with Crippen LogP contribution in [-0.2, 0) is 0 Å². The second-order valence-electron chi connectivity index (χ2n) is 4.46. The van der Waals surface area contributed by atoms with E-state index in [0.717, 1.165) is 0 Å². The summed E-state index contributed by atoms with van der Waals surface area (Å²) in [5, 5.41) is 9.78. The Morgan fingerprint density at radius 2 is 1.64 bits per heavy atom. The zero-order chi connectivity index (χ0) is 16.1. The van der Waals surface area contributed by atoms with Gasteiger partial charge in [-0.2, -0.15) is 0 Å². The summed E-state index contributed by atoms with van der Waals surface area (Å²) in [6, 6.07) is 8.19. The molecule has 2 radical (unpaired) electrons. The first-order chi connectivity index (χ1) is 10.6. The number of ether oxygens (including phenoxy) is 3. The summed E-state index contributed by atoms with van der Waals surface area (Å²) in [5.74, 6) is 1.61. The summed E-state index contributed by atoms with van der Waals surface area (Å²) in [6.07, 6.45) is 1.52. The second kappa shape index (κ2) is 6.89. The first-order valence-corrected chi connectivity index (χ1v) is 6.51. The summed E-state index contributed by atoms with van der Waals surface area (Å²) in [7, 11) is 10.3. The van der Waals surface area contributed by atoms with Crippen LogP contribution >= 0.6 is 0 Å². The van der Waals surface area contributed by atoms with Crippen molar-refractivity contribution in [1.29, 1.82) is 0 Å². The molecule has 0 spiro atoms. The second-order valence-corrected chi connectivity index (χ2v) is 4.46. The van der Waals surface area contributed by atoms with Gasteiger partial charge in [0, 0.05) is 23.9 Å². The highest BCUT2D eigenvalue weighted by atomic mass is 16.5. The molecule has 0 atom stereocenters. The molecule has 2 rings (SSSR count). The first-order valence-electron chi connectivity index (χ1n) is 6.51. The third-order valence-corrected chi connectivity index (χ3v) is 3.05. The van der Waals surface area contributed by atoms with E-state index in [1.54, 1.807) is 24.3 Å². The SMILES string of the molecule is [B]c1ccc(O)c(C=Nc2cc(OC)c(OC)c(OC)c2)c1. The smallest absolute Gasteiger partial charge is 0.203 e. The van der Waals surface area contributed by atoms with Gasteiger partial charge in [0.05, 0.1) is 27.0 Å². The lowest BCUT2D eigenvalue weighted by atomic mass is 9.94. The Labute approximate surface area is 130 Å². The number of aliphatic imine (C=N–C) groups is 1. The number of rotatable bonds is 5. The quantitative estimate of drug-likeness (QED) is 0.677. The largest absolute Gasteiger partial charge is 0.507 e. The van der Waals surface area contributed by atoms with Gasteiger partial charge in [0.2, 0.25) is 5.75 Å². The topological polar surface area (TPSA) is 60.3 Å². The zero-order valence-electron chi connectivity index (χ0n) is 12.7. The van der Waals surface area contributed by atoms with Gasteiger partial charge in [0.1, 0.15) is 13.6 Å². The molecular formula is C16H16BNO4. The molecule has 0 heterocycles. The summed E-state index contributed by atoms with van der Waals surface area (Å²) in [4.78, 5) is 4.31. The van der Waals surface area contributed by atoms with Crippen molar-refractivity contribution in [3.05, 3.63) is 35.9 Å². The van der Waals surface area contributed by atoms with Gasteiger partial charge in [-0.15, -0.1) is 0 Å². The van der Waals surface area contributed by atoms with Crippen LogP contribution in [0.1, 0.15) is 5.56 Å². The Bertz CT molecular complexity index is 676. The minimum atomic E-state index is 0.102. The highest BCUT2D eigenvalue weighted by Crippen LogP contribution is 2.40. The minimum absolute atomic E-state index is 0.102. The number of benzene rings is 2. The van der Waals surface area contributed by atoms with Crippen LogP contribution in [0.2, 0.25) is 0 Å². The van der Waals surface area contributed by atoms with E-state index < -0.39 is 0 Å². The number of hydrogen-bond acceptors (Lipinski definition) is 5. The Morgan fingerprint density at radius 3 is 2.18 bits per heavy atom. The lowest BCUT2D eigenvalue weighted by molar-refractivity contribution is 0.324. The van der Waals surface area contributed by atoms with Crippen molar-refractivity contribution in [3.63, 3.8) is 0 Å². The molecule has 2 aromatic carbocycles. The van der Waals surface area contributed by atoms with E-state index in [1.165, 1.54) is 33.6 Å². The molecule has 5 nitrogen and oxygen atoms in total. The highest BCUT2D eigenvalue weighted by Gasteiger charge is 2.12. The van der Waals surface area contributed by atoms with Crippen LogP contribution < -0.4 is 19.7 Å². The molecule has 0 saturated carbocycles. The predicted octanol–water partition coefficient (Wildman–Crippen LogP) is 1.96. The van der Waals surface area contributed by atoms with Gasteiger partial charge in [-0.05, 0) is 6.07 Å². The van der Waals surface area contributed by atoms with Gasteiger partial charge < -0.3 is 19.3 Å². The van der Waals surface area contributed by atoms with E-state index in [9.17, 15) is 5.11 Å². The number of phenolic OH excluding ortho intramolecular Hbond substituents is 1. The third kappa shape index (κ3) is 3.34. The minimum Gasteiger partial charge on any atom is -0.507 e. The molecule has 0 aliphatic heterocycles. The van der Waals surface area contributed by atoms with Crippen LogP contribution in [0.25, 0.3) is 0 Å². The Morgan fingerprint density at radius 1 is 1.00 bits per heavy atom. The van der Waals surface area contributed by atoms with Crippen LogP contribution in [0, 0.1) is 0 Å². The maximum Gasteiger partial charge on any atom is 0.203 e. The average molecular weight is 297 g/mol. The standard InChI is InChI=1S/C16H16BNO4/c1-20-14-7-12(8-15(21-2)16(14)22-3)18-9-10-6-11(17)4-5-13(10)19/h4-9,19H,1-3H3. The predicted molar refractivity (Wildman–Crippen MR) is 86.8 cm³/mol. The van der Waals surface area contributed by atoms with Crippen molar-refractivity contribution in [3.8, 4) is 23.0 Å². The van der Waals surface area contributed by atoms with Crippen LogP contribution in [0.5, 0.6) is 23.0 Å². The Balaban J connectivity index is 2.40. The van der Waals surface area contributed by atoms with Crippen LogP contribution in [0.15, 0.2) is 35.3 Å². The van der Waals surface area contributed by atoms with Gasteiger partial charge in [-0.25, -0.2) is 0 Å². The average Bonchev–Trinajstić information content (AvgIpc) is 2.54. The monoisotopic (exact) mass is 297 g/mol. The van der Waals surface area contributed by atoms with E-state index in [2.05, 4.69) is 4.99 Å². The Hall–Kier alpha value is -2.63. The summed E-state index contributed by atoms with van der Waals surface area (Å²) >= 11 is 0. The fourth-order valence-corrected chi connectivity index (χ4v) is 1.96. The molecule has 0 amide bonds. The van der Waals surface area contributed by atoms with Crippen LogP contribution in [-0.4, -0.2) is 40.5 Å². The lowest BCUT2D eigenvalue weighted by Crippen LogP contribution is -2.02. The zero-order valence-corrected chi connectivity index (χ0v) is 12.7. The van der Waals surface area contributed by atoms with Crippen molar-refractivity contribution in [1.82, 2.24) is 0 Å². The third-order valence-electron chi connectivity index (χ3n) is 3.05. The van der Waals surface area contributed by atoms with E-state index in [0.29, 0.717) is 34.0 Å². The number of nitrogens with zero attached hydrogens (tertiary/aromatic N) is 1. The molecule has 1 N–H and O–H groups in total. The van der Waals surface area contributed by atoms with Crippen molar-refractivity contribution in [2.75, 3.05) is 21.3 Å². The molecule has 6 heteroatoms. The molecule has 0 unspecified atom stereocenters. The number of methoxy groups -OCH3 is 3. The first kappa shape index (κ1) is 15.8. The molecule has 0 saturated heterocycles. The molecule has 2 aromatic rings. The van der Waals surface area contributed by atoms with Crippen molar-refractivity contribution >= 4 is 25.2 Å². The number of phenols is 1. The normalized spacial score (nSPS) is 10.7. The number of aromatic hydroxyl groups is 1. The number of hydrogen-bond donors (Lipinski definition) is 1. The molecule has 112 valence electrons. The summed E-state index contributed by atoms with van der Waals surface area (Å²) in [6.45, 7) is 0. The van der Waals surface area contributed by atoms with Crippen molar-refractivity contribution in [2.45, 2.75) is 0 Å². The lowest BCUT2D eigenvalue weighted by Gasteiger charge is -2.12. The molecule has 0 aromatic heterocycles. The van der Waals surface area contributed by atoms with E-state index in [1.807, 2.05) is 0 Å². The van der Waals surface area contributed by atoms with Crippen molar-refractivity contribution < 1.29 is 19.3 Å². The van der Waals surface area contributed by atoms with Crippen molar-refractivity contribution in [2.24, 2.45) is 4.99 Å². The maximum absolute atomic E-state index is 9.78. The molecule has 0 aliphatic carbocycles. The van der Waals surface area contributed by atoms with Gasteiger partial charge in [-0.3, -0.25) is 4.99 Å². The summed E-state index contributed by atoms with van der Waals surface area (Å²) < 4.78 is 15.8. The fourth-order valence-electron chi connectivity index (χ4n) is 1.96. The van der Waals surface area contributed by atoms with Gasteiger partial charge in [0.25, 0.3) is 0 Å². The van der Waals surface area contributed by atoms with E-state index in [4.69, 9.17) is 22.1 Å². The summed E-state index contributed by atoms with van der Waals surface area (Å²) in [5.41, 5.74) is 1.66. The van der Waals surface area contributed by atoms with E-state index >= 15 is 0 Å². The van der Waals surface area contributed by atoms with Gasteiger partial charge in [0.15, 0.2) is 11.5 Å². The Kier molecular flexibility index (Phi) is 4.93. The van der Waals surface area contributed by atoms with E-state index in [-0.39, 0.29) is 5.75 Å². The fraction of sp³-hybridized carbons (Fsp3) is 0.188.